The van der Waals surface area contributed by atoms with Gasteiger partial charge >= 0.3 is 0 Å². The number of hydrogen-bond donors (Lipinski definition) is 1. The Kier molecular flexibility index (Phi) is 3.98. The van der Waals surface area contributed by atoms with E-state index in [9.17, 15) is 4.39 Å². The quantitative estimate of drug-likeness (QED) is 0.544. The van der Waals surface area contributed by atoms with Gasteiger partial charge in [-0.15, -0.1) is 0 Å². The molecular weight excluding hydrogens is 351 g/mol. The first-order valence-corrected chi connectivity index (χ1v) is 9.08. The van der Waals surface area contributed by atoms with Gasteiger partial charge in [-0.2, -0.15) is 10.1 Å². The molecule has 0 amide bonds. The number of fused-ring (bicyclic) bond motifs is 1. The third-order valence-corrected chi connectivity index (χ3v) is 4.93. The van der Waals surface area contributed by atoms with Crippen molar-refractivity contribution in [1.82, 2.24) is 14.8 Å². The lowest BCUT2D eigenvalue weighted by molar-refractivity contribution is 0.551. The minimum atomic E-state index is -0.358. The second-order valence-corrected chi connectivity index (χ2v) is 6.64. The van der Waals surface area contributed by atoms with Crippen LogP contribution in [0.2, 0.25) is 0 Å². The molecule has 1 atom stereocenters. The van der Waals surface area contributed by atoms with Crippen molar-refractivity contribution in [2.45, 2.75) is 6.04 Å². The molecule has 4 aromatic rings. The maximum absolute atomic E-state index is 14.4. The van der Waals surface area contributed by atoms with Gasteiger partial charge in [-0.3, -0.25) is 0 Å². The molecule has 0 aliphatic carbocycles. The van der Waals surface area contributed by atoms with E-state index >= 15 is 0 Å². The lowest BCUT2D eigenvalue weighted by Crippen LogP contribution is -2.21. The molecule has 0 saturated heterocycles. The monoisotopic (exact) mass is 368 g/mol. The Morgan fingerprint density at radius 1 is 0.786 bits per heavy atom. The molecule has 2 heterocycles. The largest absolute Gasteiger partial charge is 0.324 e. The van der Waals surface area contributed by atoms with Crippen LogP contribution < -0.4 is 5.32 Å². The molecule has 28 heavy (non-hydrogen) atoms. The molecule has 0 spiro atoms. The summed E-state index contributed by atoms with van der Waals surface area (Å²) in [6, 6.07) is 25.0. The zero-order valence-corrected chi connectivity index (χ0v) is 15.0. The van der Waals surface area contributed by atoms with E-state index in [0.29, 0.717) is 11.5 Å². The fourth-order valence-electron chi connectivity index (χ4n) is 3.51. The van der Waals surface area contributed by atoms with E-state index in [0.717, 1.165) is 16.8 Å². The van der Waals surface area contributed by atoms with Crippen molar-refractivity contribution in [2.75, 3.05) is 5.32 Å². The average Bonchev–Trinajstić information content (AvgIpc) is 3.23. The number of rotatable bonds is 3. The van der Waals surface area contributed by atoms with Crippen molar-refractivity contribution in [3.05, 3.63) is 108 Å². The highest BCUT2D eigenvalue weighted by Gasteiger charge is 2.25. The topological polar surface area (TPSA) is 42.7 Å². The van der Waals surface area contributed by atoms with Gasteiger partial charge in [0.1, 0.15) is 18.2 Å². The first-order chi connectivity index (χ1) is 13.8. The predicted octanol–water partition coefficient (Wildman–Crippen LogP) is 5.14. The van der Waals surface area contributed by atoms with Crippen LogP contribution in [0.25, 0.3) is 16.8 Å². The third kappa shape index (κ3) is 2.87. The Balaban J connectivity index is 1.54. The maximum atomic E-state index is 14.4. The minimum Gasteiger partial charge on any atom is -0.324 e. The Hall–Kier alpha value is -3.73. The van der Waals surface area contributed by atoms with E-state index < -0.39 is 0 Å². The van der Waals surface area contributed by atoms with Crippen molar-refractivity contribution in [2.24, 2.45) is 0 Å². The molecule has 136 valence electrons. The third-order valence-electron chi connectivity index (χ3n) is 4.93. The van der Waals surface area contributed by atoms with Crippen LogP contribution in [0.15, 0.2) is 91.3 Å². The van der Waals surface area contributed by atoms with E-state index in [2.05, 4.69) is 51.8 Å². The van der Waals surface area contributed by atoms with Gasteiger partial charge in [-0.05, 0) is 28.8 Å². The van der Waals surface area contributed by atoms with Crippen LogP contribution in [0.5, 0.6) is 0 Å². The molecule has 1 N–H and O–H groups in total. The van der Waals surface area contributed by atoms with E-state index in [4.69, 9.17) is 0 Å². The number of halogens is 1. The van der Waals surface area contributed by atoms with Gasteiger partial charge in [0.2, 0.25) is 5.95 Å². The van der Waals surface area contributed by atoms with Crippen LogP contribution in [0.4, 0.5) is 10.3 Å². The lowest BCUT2D eigenvalue weighted by Gasteiger charge is -2.24. The van der Waals surface area contributed by atoms with Gasteiger partial charge in [-0.1, -0.05) is 72.8 Å². The molecular formula is C23H17FN4. The zero-order chi connectivity index (χ0) is 18.9. The Morgan fingerprint density at radius 2 is 1.46 bits per heavy atom. The normalized spacial score (nSPS) is 15.5. The van der Waals surface area contributed by atoms with Gasteiger partial charge in [0.15, 0.2) is 0 Å². The van der Waals surface area contributed by atoms with Gasteiger partial charge in [0, 0.05) is 11.3 Å². The van der Waals surface area contributed by atoms with Crippen LogP contribution in [-0.4, -0.2) is 14.8 Å². The molecule has 5 rings (SSSR count). The summed E-state index contributed by atoms with van der Waals surface area (Å²) in [6.45, 7) is 0. The van der Waals surface area contributed by atoms with Crippen molar-refractivity contribution in [3.8, 4) is 11.1 Å². The van der Waals surface area contributed by atoms with Gasteiger partial charge < -0.3 is 5.32 Å². The van der Waals surface area contributed by atoms with E-state index in [-0.39, 0.29) is 11.9 Å². The Labute approximate surface area is 162 Å². The predicted molar refractivity (Wildman–Crippen MR) is 108 cm³/mol. The first-order valence-electron chi connectivity index (χ1n) is 9.08. The number of anilines is 1. The van der Waals surface area contributed by atoms with Crippen molar-refractivity contribution in [1.29, 1.82) is 0 Å². The van der Waals surface area contributed by atoms with Gasteiger partial charge in [0.25, 0.3) is 0 Å². The highest BCUT2D eigenvalue weighted by molar-refractivity contribution is 5.78. The molecule has 3 aromatic carbocycles. The molecule has 1 aliphatic rings. The minimum absolute atomic E-state index is 0.258. The van der Waals surface area contributed by atoms with Crippen LogP contribution in [0.1, 0.15) is 17.2 Å². The summed E-state index contributed by atoms with van der Waals surface area (Å²) < 4.78 is 16.1. The Morgan fingerprint density at radius 3 is 2.25 bits per heavy atom. The molecule has 4 nitrogen and oxygen atoms in total. The highest BCUT2D eigenvalue weighted by Crippen LogP contribution is 2.33. The second-order valence-electron chi connectivity index (χ2n) is 6.64. The van der Waals surface area contributed by atoms with Crippen LogP contribution in [0, 0.1) is 5.82 Å². The highest BCUT2D eigenvalue weighted by atomic mass is 19.1. The fourth-order valence-corrected chi connectivity index (χ4v) is 3.51. The molecule has 0 bridgehead atoms. The first kappa shape index (κ1) is 16.4. The standard InChI is InChI=1S/C23H17FN4/c24-20-9-5-4-8-19(20)22-14-21(27-23-25-15-26-28(22)23)18-12-10-17(11-13-18)16-6-2-1-3-7-16/h1-15,22H,(H,25,26,27)/t22-/m1/s1. The summed E-state index contributed by atoms with van der Waals surface area (Å²) in [6.07, 6.45) is 3.46. The fraction of sp³-hybridized carbons (Fsp3) is 0.0435. The van der Waals surface area contributed by atoms with Crippen molar-refractivity contribution in [3.63, 3.8) is 0 Å². The molecule has 1 aliphatic heterocycles. The maximum Gasteiger partial charge on any atom is 0.226 e. The second kappa shape index (κ2) is 6.78. The van der Waals surface area contributed by atoms with Crippen LogP contribution in [-0.2, 0) is 0 Å². The molecule has 0 radical (unpaired) electrons. The summed E-state index contributed by atoms with van der Waals surface area (Å²) in [5.41, 5.74) is 4.77. The smallest absolute Gasteiger partial charge is 0.226 e. The Bertz CT molecular complexity index is 1150. The average molecular weight is 368 g/mol. The molecule has 0 unspecified atom stereocenters. The summed E-state index contributed by atoms with van der Waals surface area (Å²) in [5, 5.41) is 7.57. The van der Waals surface area contributed by atoms with E-state index in [1.165, 1.54) is 18.0 Å². The zero-order valence-electron chi connectivity index (χ0n) is 15.0. The van der Waals surface area contributed by atoms with Crippen LogP contribution in [0.3, 0.4) is 0 Å². The SMILES string of the molecule is Fc1ccccc1[C@H]1C=C(c2ccc(-c3ccccc3)cc2)Nc2ncnn21. The lowest BCUT2D eigenvalue weighted by atomic mass is 9.99. The van der Waals surface area contributed by atoms with E-state index in [1.807, 2.05) is 30.3 Å². The molecule has 0 fully saturated rings. The number of hydrogen-bond acceptors (Lipinski definition) is 3. The number of aromatic nitrogens is 3. The number of nitrogens with zero attached hydrogens (tertiary/aromatic N) is 3. The summed E-state index contributed by atoms with van der Waals surface area (Å²) >= 11 is 0. The summed E-state index contributed by atoms with van der Waals surface area (Å²) in [5.74, 6) is 0.337. The molecule has 1 aromatic heterocycles. The van der Waals surface area contributed by atoms with Gasteiger partial charge in [-0.25, -0.2) is 9.07 Å². The number of allylic oxidation sites excluding steroid dienone is 1. The molecule has 0 saturated carbocycles. The van der Waals surface area contributed by atoms with Crippen LogP contribution >= 0.6 is 0 Å². The number of benzene rings is 3. The van der Waals surface area contributed by atoms with Crippen molar-refractivity contribution < 1.29 is 4.39 Å². The van der Waals surface area contributed by atoms with Crippen molar-refractivity contribution >= 4 is 11.6 Å². The van der Waals surface area contributed by atoms with Gasteiger partial charge in [0.05, 0.1) is 0 Å². The summed E-state index contributed by atoms with van der Waals surface area (Å²) in [7, 11) is 0. The molecule has 5 heteroatoms. The number of nitrogens with one attached hydrogen (secondary N) is 1. The van der Waals surface area contributed by atoms with E-state index in [1.54, 1.807) is 16.8 Å². The summed E-state index contributed by atoms with van der Waals surface area (Å²) in [4.78, 5) is 4.28.